The van der Waals surface area contributed by atoms with Crippen molar-refractivity contribution in [2.24, 2.45) is 0 Å². The molecule has 284 valence electrons. The minimum absolute atomic E-state index is 0.105. The summed E-state index contributed by atoms with van der Waals surface area (Å²) in [5.74, 6) is -5.57. The van der Waals surface area contributed by atoms with Crippen LogP contribution >= 0.6 is 0 Å². The van der Waals surface area contributed by atoms with Gasteiger partial charge in [0.25, 0.3) is 0 Å². The van der Waals surface area contributed by atoms with Gasteiger partial charge in [-0.1, -0.05) is 0 Å². The number of carbonyl (C=O) groups excluding carboxylic acids is 6. The fourth-order valence-corrected chi connectivity index (χ4v) is 26.3. The number of fused-ring (bicyclic) bond motifs is 2. The molecular weight excluding hydrogens is 772 g/mol. The van der Waals surface area contributed by atoms with Gasteiger partial charge in [-0.25, -0.2) is 0 Å². The molecule has 0 aliphatic heterocycles. The van der Waals surface area contributed by atoms with Gasteiger partial charge in [0, 0.05) is 0 Å². The van der Waals surface area contributed by atoms with E-state index in [0.717, 1.165) is 22.3 Å². The van der Waals surface area contributed by atoms with E-state index in [-0.39, 0.29) is 38.5 Å². The van der Waals surface area contributed by atoms with Crippen LogP contribution in [0.5, 0.6) is 0 Å². The maximum absolute atomic E-state index is 13.4. The van der Waals surface area contributed by atoms with Crippen molar-refractivity contribution in [1.82, 2.24) is 0 Å². The first-order chi connectivity index (χ1) is 25.4. The summed E-state index contributed by atoms with van der Waals surface area (Å²) in [5, 5.41) is 0. The average molecular weight is 821 g/mol. The second-order valence-corrected chi connectivity index (χ2v) is 25.4. The molecule has 4 rings (SSSR count). The Hall–Kier alpha value is -3.61. The summed E-state index contributed by atoms with van der Waals surface area (Å²) in [7, 11) is -2.21. The molecule has 0 spiro atoms. The predicted octanol–water partition coefficient (Wildman–Crippen LogP) is 6.79. The molecule has 2 aromatic carbocycles. The van der Waals surface area contributed by atoms with Crippen LogP contribution in [0.25, 0.3) is 12.2 Å². The van der Waals surface area contributed by atoms with Gasteiger partial charge in [-0.2, -0.15) is 0 Å². The van der Waals surface area contributed by atoms with Crippen LogP contribution in [0.3, 0.4) is 0 Å². The van der Waals surface area contributed by atoms with E-state index in [1.54, 1.807) is 41.5 Å². The normalized spacial score (nSPS) is 17.0. The fourth-order valence-electron chi connectivity index (χ4n) is 6.52. The molecule has 0 radical (unpaired) electrons. The Morgan fingerprint density at radius 2 is 0.755 bits per heavy atom. The molecule has 0 saturated carbocycles. The van der Waals surface area contributed by atoms with Crippen LogP contribution in [0.1, 0.15) is 114 Å². The molecule has 0 bridgehead atoms. The molecule has 0 heterocycles. The van der Waals surface area contributed by atoms with Gasteiger partial charge in [0.15, 0.2) is 0 Å². The molecule has 0 saturated heterocycles. The van der Waals surface area contributed by atoms with Crippen LogP contribution in [0.2, 0.25) is 7.69 Å². The molecule has 0 amide bonds. The molecule has 2 aliphatic carbocycles. The van der Waals surface area contributed by atoms with Crippen LogP contribution in [-0.4, -0.2) is 45.3 Å². The van der Waals surface area contributed by atoms with E-state index in [1.165, 1.54) is 0 Å². The topological polar surface area (TPSA) is 158 Å². The van der Waals surface area contributed by atoms with E-state index in [9.17, 15) is 28.8 Å². The summed E-state index contributed by atoms with van der Waals surface area (Å²) in [6.45, 7) is 9.49. The standard InChI is InChI=1S/C20H18Si.6C3H6O2.2Ti/c1-3-7-19-15(5-1)9-11-17(19)13-21-14-18-12-10-16-6-2-4-8-20(16)18;6*1-2-3(4)5;;/h1-14,17-18H,21H2;6*2H2,1H3,(H,4,5);;/q;;;;;;;2*+3/p-6. The van der Waals surface area contributed by atoms with Gasteiger partial charge in [0.05, 0.1) is 0 Å². The van der Waals surface area contributed by atoms with E-state index in [2.05, 4.69) is 0 Å². The number of hydrogen-bond acceptors (Lipinski definition) is 12. The van der Waals surface area contributed by atoms with Gasteiger partial charge in [-0.3, -0.25) is 0 Å². The van der Waals surface area contributed by atoms with Gasteiger partial charge in [-0.05, 0) is 0 Å². The quantitative estimate of drug-likeness (QED) is 0.145. The molecule has 2 aromatic rings. The van der Waals surface area contributed by atoms with Crippen molar-refractivity contribution in [2.75, 3.05) is 0 Å². The van der Waals surface area contributed by atoms with Gasteiger partial charge >= 0.3 is 324 Å². The summed E-state index contributed by atoms with van der Waals surface area (Å²) in [6, 6.07) is 15.1. The second-order valence-electron chi connectivity index (χ2n) is 12.6. The van der Waals surface area contributed by atoms with Crippen LogP contribution in [-0.2, 0) is 84.2 Å². The summed E-state index contributed by atoms with van der Waals surface area (Å²) in [4.78, 5) is 80.5. The average Bonchev–Trinajstić information content (AvgIpc) is 3.79. The maximum atomic E-state index is 13.4. The number of hydrogen-bond donors (Lipinski definition) is 0. The van der Waals surface area contributed by atoms with Gasteiger partial charge in [-0.15, -0.1) is 0 Å². The van der Waals surface area contributed by atoms with Crippen LogP contribution in [0.15, 0.2) is 60.7 Å². The zero-order valence-electron chi connectivity index (χ0n) is 31.1. The number of allylic oxidation sites excluding steroid dienone is 2. The minimum atomic E-state index is -5.56. The first kappa shape index (κ1) is 42.1. The Labute approximate surface area is 322 Å². The van der Waals surface area contributed by atoms with Crippen LogP contribution in [0, 0.1) is 0 Å². The van der Waals surface area contributed by atoms with E-state index in [4.69, 9.17) is 19.9 Å². The van der Waals surface area contributed by atoms with E-state index in [0.29, 0.717) is 0 Å². The van der Waals surface area contributed by atoms with Gasteiger partial charge < -0.3 is 0 Å². The molecule has 53 heavy (non-hydrogen) atoms. The SMILES string of the molecule is CCC(=O)[O][Ti]([O]C(=O)CC)([O]C(=O)CC)[CH]([SiH2][CH](C1C=Cc2ccccc21)[Ti]([O]C(=O)CC)([O]C(=O)CC)[O]C(=O)CC)C1C=Cc2ccccc21. The third-order valence-corrected chi connectivity index (χ3v) is 26.3. The summed E-state index contributed by atoms with van der Waals surface area (Å²) in [6.07, 6.45) is 6.98. The van der Waals surface area contributed by atoms with Crippen molar-refractivity contribution >= 4 is 57.5 Å². The second kappa shape index (κ2) is 19.1. The molecule has 15 heteroatoms. The summed E-state index contributed by atoms with van der Waals surface area (Å²) < 4.78 is 35.4. The Kier molecular flexibility index (Phi) is 15.2. The van der Waals surface area contributed by atoms with E-state index in [1.807, 2.05) is 72.8 Å². The third kappa shape index (κ3) is 9.93. The Morgan fingerprint density at radius 1 is 0.491 bits per heavy atom. The van der Waals surface area contributed by atoms with Gasteiger partial charge in [0.1, 0.15) is 0 Å². The molecule has 4 atom stereocenters. The third-order valence-electron chi connectivity index (χ3n) is 9.23. The molecule has 0 aromatic heterocycles. The van der Waals surface area contributed by atoms with E-state index >= 15 is 0 Å². The fraction of sp³-hybridized carbons (Fsp3) is 0.421. The molecule has 0 N–H and O–H groups in total. The molecule has 12 nitrogen and oxygen atoms in total. The van der Waals surface area contributed by atoms with E-state index < -0.39 is 100 Å². The first-order valence-corrected chi connectivity index (χ1v) is 25.5. The zero-order chi connectivity index (χ0) is 38.8. The van der Waals surface area contributed by atoms with Crippen LogP contribution < -0.4 is 0 Å². The summed E-state index contributed by atoms with van der Waals surface area (Å²) in [5.41, 5.74) is 3.35. The monoisotopic (exact) mass is 820 g/mol. The Bertz CT molecular complexity index is 1540. The van der Waals surface area contributed by atoms with Crippen molar-refractivity contribution < 1.29 is 84.2 Å². The van der Waals surface area contributed by atoms with Crippen molar-refractivity contribution in [2.45, 2.75) is 99.6 Å². The molecule has 4 unspecified atom stereocenters. The van der Waals surface area contributed by atoms with Crippen molar-refractivity contribution in [3.05, 3.63) is 82.9 Å². The summed E-state index contributed by atoms with van der Waals surface area (Å²) >= 11 is -11.1. The molecule has 0 fully saturated rings. The predicted molar refractivity (Wildman–Crippen MR) is 191 cm³/mol. The van der Waals surface area contributed by atoms with Crippen molar-refractivity contribution in [1.29, 1.82) is 0 Å². The Morgan fingerprint density at radius 3 is 1.02 bits per heavy atom. The number of benzene rings is 2. The van der Waals surface area contributed by atoms with Crippen LogP contribution in [0.4, 0.5) is 0 Å². The zero-order valence-corrected chi connectivity index (χ0v) is 35.6. The van der Waals surface area contributed by atoms with Gasteiger partial charge in [0.2, 0.25) is 0 Å². The Balaban J connectivity index is 2.12. The molecular formula is C38H48O12SiTi2. The first-order valence-electron chi connectivity index (χ1n) is 18.2. The van der Waals surface area contributed by atoms with Crippen molar-refractivity contribution in [3.8, 4) is 0 Å². The number of carbonyl (C=O) groups is 6. The number of rotatable bonds is 18. The molecule has 2 aliphatic rings. The van der Waals surface area contributed by atoms with Crippen molar-refractivity contribution in [3.63, 3.8) is 0 Å².